The van der Waals surface area contributed by atoms with E-state index in [0.29, 0.717) is 5.92 Å². The lowest BCUT2D eigenvalue weighted by Gasteiger charge is -2.24. The lowest BCUT2D eigenvalue weighted by molar-refractivity contribution is -0.146. The van der Waals surface area contributed by atoms with Crippen molar-refractivity contribution in [3.63, 3.8) is 0 Å². The number of thiophene rings is 1. The van der Waals surface area contributed by atoms with Gasteiger partial charge in [0.25, 0.3) is 0 Å². The predicted octanol–water partition coefficient (Wildman–Crippen LogP) is 3.51. The highest BCUT2D eigenvalue weighted by atomic mass is 32.1. The number of hydrogen-bond acceptors (Lipinski definition) is 5. The molecule has 5 unspecified atom stereocenters. The van der Waals surface area contributed by atoms with Crippen molar-refractivity contribution in [3.8, 4) is 0 Å². The average Bonchev–Trinajstić information content (AvgIpc) is 3.24. The van der Waals surface area contributed by atoms with Gasteiger partial charge in [-0.1, -0.05) is 12.8 Å². The van der Waals surface area contributed by atoms with E-state index in [-0.39, 0.29) is 36.0 Å². The molecule has 0 spiro atoms. The first-order valence-corrected chi connectivity index (χ1v) is 10.1. The Morgan fingerprint density at radius 3 is 2.88 bits per heavy atom. The largest absolute Gasteiger partial charge is 0.458 e. The van der Waals surface area contributed by atoms with Crippen LogP contribution < -0.4 is 0 Å². The van der Waals surface area contributed by atoms with E-state index in [9.17, 15) is 9.59 Å². The second-order valence-electron chi connectivity index (χ2n) is 7.75. The maximum atomic E-state index is 12.7. The summed E-state index contributed by atoms with van der Waals surface area (Å²) in [6.07, 6.45) is 8.56. The molecule has 4 aliphatic rings. The molecule has 1 aromatic rings. The first-order chi connectivity index (χ1) is 11.7. The summed E-state index contributed by atoms with van der Waals surface area (Å²) >= 11 is 1.61. The summed E-state index contributed by atoms with van der Waals surface area (Å²) in [5, 5.41) is 0. The van der Waals surface area contributed by atoms with E-state index in [4.69, 9.17) is 9.47 Å². The zero-order chi connectivity index (χ0) is 16.3. The smallest absolute Gasteiger partial charge is 0.348 e. The summed E-state index contributed by atoms with van der Waals surface area (Å²) in [5.41, 5.74) is 1.34. The van der Waals surface area contributed by atoms with E-state index in [0.717, 1.165) is 30.6 Å². The third-order valence-corrected chi connectivity index (χ3v) is 7.57. The van der Waals surface area contributed by atoms with Gasteiger partial charge in [0, 0.05) is 16.7 Å². The zero-order valence-electron chi connectivity index (χ0n) is 13.7. The number of rotatable bonds is 2. The predicted molar refractivity (Wildman–Crippen MR) is 89.0 cm³/mol. The van der Waals surface area contributed by atoms with Gasteiger partial charge in [-0.25, -0.2) is 4.79 Å². The molecule has 0 N–H and O–H groups in total. The molecular weight excluding hydrogens is 324 g/mol. The van der Waals surface area contributed by atoms with Gasteiger partial charge >= 0.3 is 11.9 Å². The van der Waals surface area contributed by atoms with Crippen molar-refractivity contribution < 1.29 is 19.1 Å². The van der Waals surface area contributed by atoms with Crippen LogP contribution in [0.1, 0.15) is 58.6 Å². The average molecular weight is 346 g/mol. The van der Waals surface area contributed by atoms with Crippen LogP contribution >= 0.6 is 11.3 Å². The molecule has 0 aromatic carbocycles. The fraction of sp³-hybridized carbons (Fsp3) is 0.684. The maximum absolute atomic E-state index is 12.7. The van der Waals surface area contributed by atoms with E-state index >= 15 is 0 Å². The van der Waals surface area contributed by atoms with Crippen LogP contribution in [-0.4, -0.2) is 24.1 Å². The van der Waals surface area contributed by atoms with Crippen molar-refractivity contribution in [2.45, 2.75) is 63.6 Å². The molecule has 0 amide bonds. The number of aryl methyl sites for hydroxylation is 2. The number of carbonyl (C=O) groups excluding carboxylic acids is 2. The Hall–Kier alpha value is -1.36. The van der Waals surface area contributed by atoms with Crippen LogP contribution in [0.5, 0.6) is 0 Å². The van der Waals surface area contributed by atoms with Crippen LogP contribution in [0.3, 0.4) is 0 Å². The molecule has 5 rings (SSSR count). The summed E-state index contributed by atoms with van der Waals surface area (Å²) < 4.78 is 11.3. The Kier molecular flexibility index (Phi) is 3.47. The van der Waals surface area contributed by atoms with Crippen molar-refractivity contribution in [1.82, 2.24) is 0 Å². The fourth-order valence-electron chi connectivity index (χ4n) is 5.19. The molecule has 5 heteroatoms. The molecular formula is C19H22O4S. The van der Waals surface area contributed by atoms with Crippen molar-refractivity contribution in [3.05, 3.63) is 21.4 Å². The van der Waals surface area contributed by atoms with E-state index in [2.05, 4.69) is 0 Å². The summed E-state index contributed by atoms with van der Waals surface area (Å²) in [6.45, 7) is 0. The van der Waals surface area contributed by atoms with E-state index < -0.39 is 0 Å². The summed E-state index contributed by atoms with van der Waals surface area (Å²) in [5.74, 6) is 0.357. The number of fused-ring (bicyclic) bond motifs is 2. The molecule has 2 heterocycles. The third-order valence-electron chi connectivity index (χ3n) is 6.35. The minimum absolute atomic E-state index is 0.0662. The molecule has 4 nitrogen and oxygen atoms in total. The lowest BCUT2D eigenvalue weighted by Crippen LogP contribution is -2.35. The number of hydrogen-bond donors (Lipinski definition) is 0. The number of esters is 2. The van der Waals surface area contributed by atoms with Crippen LogP contribution in [-0.2, 0) is 27.1 Å². The quantitative estimate of drug-likeness (QED) is 0.769. The molecule has 2 saturated carbocycles. The van der Waals surface area contributed by atoms with Crippen molar-refractivity contribution >= 4 is 23.3 Å². The topological polar surface area (TPSA) is 52.6 Å². The Morgan fingerprint density at radius 2 is 2.00 bits per heavy atom. The van der Waals surface area contributed by atoms with Crippen molar-refractivity contribution in [2.24, 2.45) is 17.8 Å². The Labute approximate surface area is 145 Å². The van der Waals surface area contributed by atoms with Gasteiger partial charge in [-0.15, -0.1) is 11.3 Å². The van der Waals surface area contributed by atoms with Crippen LogP contribution in [0.2, 0.25) is 0 Å². The van der Waals surface area contributed by atoms with Crippen LogP contribution in [0, 0.1) is 17.8 Å². The van der Waals surface area contributed by atoms with Gasteiger partial charge in [-0.05, 0) is 50.2 Å². The molecule has 1 saturated heterocycles. The Bertz CT molecular complexity index is 668. The molecule has 1 aromatic heterocycles. The lowest BCUT2D eigenvalue weighted by atomic mass is 9.88. The molecule has 24 heavy (non-hydrogen) atoms. The van der Waals surface area contributed by atoms with Gasteiger partial charge in [0.1, 0.15) is 17.1 Å². The first-order valence-electron chi connectivity index (χ1n) is 9.24. The molecule has 128 valence electrons. The minimum Gasteiger partial charge on any atom is -0.458 e. The van der Waals surface area contributed by atoms with Gasteiger partial charge in [-0.2, -0.15) is 0 Å². The Morgan fingerprint density at radius 1 is 1.17 bits per heavy atom. The molecule has 5 atom stereocenters. The van der Waals surface area contributed by atoms with Gasteiger partial charge in [0.2, 0.25) is 0 Å². The molecule has 3 aliphatic carbocycles. The fourth-order valence-corrected chi connectivity index (χ4v) is 6.33. The summed E-state index contributed by atoms with van der Waals surface area (Å²) in [6, 6.07) is 2.05. The van der Waals surface area contributed by atoms with Gasteiger partial charge < -0.3 is 9.47 Å². The monoisotopic (exact) mass is 346 g/mol. The van der Waals surface area contributed by atoms with Crippen LogP contribution in [0.4, 0.5) is 0 Å². The minimum atomic E-state index is -0.227. The molecule has 3 fully saturated rings. The van der Waals surface area contributed by atoms with Gasteiger partial charge in [0.15, 0.2) is 0 Å². The number of ether oxygens (including phenoxy) is 2. The van der Waals surface area contributed by atoms with E-state index in [1.54, 1.807) is 11.3 Å². The number of carbonyl (C=O) groups is 2. The SMILES string of the molecule is O=C(OC1C2CC3C(=O)OC1C3C2)c1cc2c(s1)CCCCCC2. The van der Waals surface area contributed by atoms with Crippen molar-refractivity contribution in [2.75, 3.05) is 0 Å². The van der Waals surface area contributed by atoms with E-state index in [1.165, 1.54) is 36.1 Å². The van der Waals surface area contributed by atoms with Crippen molar-refractivity contribution in [1.29, 1.82) is 0 Å². The molecule has 1 aliphatic heterocycles. The van der Waals surface area contributed by atoms with Gasteiger partial charge in [-0.3, -0.25) is 4.79 Å². The normalized spacial score (nSPS) is 36.8. The second-order valence-corrected chi connectivity index (χ2v) is 8.88. The Balaban J connectivity index is 1.33. The van der Waals surface area contributed by atoms with Crippen LogP contribution in [0.25, 0.3) is 0 Å². The summed E-state index contributed by atoms with van der Waals surface area (Å²) in [4.78, 5) is 26.6. The summed E-state index contributed by atoms with van der Waals surface area (Å²) in [7, 11) is 0. The maximum Gasteiger partial charge on any atom is 0.348 e. The highest BCUT2D eigenvalue weighted by molar-refractivity contribution is 7.14. The highest BCUT2D eigenvalue weighted by Crippen LogP contribution is 2.55. The standard InChI is InChI=1S/C19H22O4S/c20-18-13-8-11-7-12(13)17(23-18)16(11)22-19(21)15-9-10-5-3-1-2-4-6-14(10)24-15/h9,11-13,16-17H,1-8H2. The molecule has 0 radical (unpaired) electrons. The van der Waals surface area contributed by atoms with Crippen LogP contribution in [0.15, 0.2) is 6.07 Å². The second kappa shape index (κ2) is 5.58. The highest BCUT2D eigenvalue weighted by Gasteiger charge is 2.63. The van der Waals surface area contributed by atoms with E-state index in [1.807, 2.05) is 6.07 Å². The zero-order valence-corrected chi connectivity index (χ0v) is 14.5. The molecule has 2 bridgehead atoms. The van der Waals surface area contributed by atoms with Gasteiger partial charge in [0.05, 0.1) is 5.92 Å². The first kappa shape index (κ1) is 14.9. The third kappa shape index (κ3) is 2.24.